The van der Waals surface area contributed by atoms with Crippen molar-refractivity contribution in [3.8, 4) is 5.88 Å². The Labute approximate surface area is 84.5 Å². The van der Waals surface area contributed by atoms with Gasteiger partial charge in [0.15, 0.2) is 0 Å². The van der Waals surface area contributed by atoms with Crippen LogP contribution in [0.25, 0.3) is 0 Å². The Bertz CT molecular complexity index is 350. The Balaban J connectivity index is 2.81. The molecule has 0 saturated carbocycles. The van der Waals surface area contributed by atoms with E-state index in [2.05, 4.69) is 16.8 Å². The van der Waals surface area contributed by atoms with Gasteiger partial charge in [0.2, 0.25) is 5.88 Å². The summed E-state index contributed by atoms with van der Waals surface area (Å²) in [5.74, 6) is 1.52. The quantitative estimate of drug-likeness (QED) is 0.588. The van der Waals surface area contributed by atoms with Crippen LogP contribution in [0.15, 0.2) is 30.1 Å². The van der Waals surface area contributed by atoms with Crippen LogP contribution in [0.1, 0.15) is 26.0 Å². The van der Waals surface area contributed by atoms with Gasteiger partial charge < -0.3 is 4.74 Å². The Morgan fingerprint density at radius 2 is 2.43 bits per heavy atom. The van der Waals surface area contributed by atoms with Crippen LogP contribution in [0.2, 0.25) is 0 Å². The molecule has 0 aliphatic rings. The van der Waals surface area contributed by atoms with Crippen molar-refractivity contribution in [2.24, 2.45) is 0 Å². The molecule has 0 aliphatic heterocycles. The average Bonchev–Trinajstić information content (AvgIpc) is 2.59. The smallest absolute Gasteiger partial charge is 0.237 e. The fraction of sp³-hybridized carbons (Fsp3) is 0.364. The molecule has 3 heteroatoms. The van der Waals surface area contributed by atoms with E-state index in [9.17, 15) is 0 Å². The van der Waals surface area contributed by atoms with Crippen LogP contribution >= 0.6 is 0 Å². The standard InChI is InChI=1S/C11H16N2O/c1-5-8(3)10(6-2)14-11-7-9(4)12-13-11/h5,7H,1,6H2,2-4H3,(H,12,13)/b10-8+. The minimum Gasteiger partial charge on any atom is -0.442 e. The van der Waals surface area contributed by atoms with Gasteiger partial charge in [0.25, 0.3) is 0 Å². The lowest BCUT2D eigenvalue weighted by Crippen LogP contribution is -1.96. The van der Waals surface area contributed by atoms with E-state index in [4.69, 9.17) is 4.74 Å². The lowest BCUT2D eigenvalue weighted by atomic mass is 10.2. The summed E-state index contributed by atoms with van der Waals surface area (Å²) in [4.78, 5) is 0. The zero-order chi connectivity index (χ0) is 10.6. The molecular formula is C11H16N2O. The highest BCUT2D eigenvalue weighted by atomic mass is 16.5. The molecule has 1 rings (SSSR count). The molecule has 0 amide bonds. The molecule has 0 aromatic carbocycles. The molecule has 0 fully saturated rings. The first kappa shape index (κ1) is 10.6. The summed E-state index contributed by atoms with van der Waals surface area (Å²) >= 11 is 0. The molecule has 3 nitrogen and oxygen atoms in total. The van der Waals surface area contributed by atoms with E-state index in [1.54, 1.807) is 6.08 Å². The monoisotopic (exact) mass is 192 g/mol. The third-order valence-corrected chi connectivity index (χ3v) is 1.98. The highest BCUT2D eigenvalue weighted by molar-refractivity contribution is 5.22. The Morgan fingerprint density at radius 3 is 2.86 bits per heavy atom. The second kappa shape index (κ2) is 4.65. The number of ether oxygens (including phenoxy) is 1. The maximum atomic E-state index is 5.60. The largest absolute Gasteiger partial charge is 0.442 e. The predicted octanol–water partition coefficient (Wildman–Crippen LogP) is 2.97. The van der Waals surface area contributed by atoms with Gasteiger partial charge in [-0.1, -0.05) is 19.6 Å². The lowest BCUT2D eigenvalue weighted by Gasteiger charge is -2.06. The average molecular weight is 192 g/mol. The highest BCUT2D eigenvalue weighted by Gasteiger charge is 2.03. The van der Waals surface area contributed by atoms with Gasteiger partial charge in [-0.2, -0.15) is 0 Å². The first-order chi connectivity index (χ1) is 6.67. The summed E-state index contributed by atoms with van der Waals surface area (Å²) in [7, 11) is 0. The van der Waals surface area contributed by atoms with Gasteiger partial charge in [0, 0.05) is 18.2 Å². The fourth-order valence-corrected chi connectivity index (χ4v) is 1.12. The van der Waals surface area contributed by atoms with Gasteiger partial charge in [-0.05, 0) is 19.4 Å². The lowest BCUT2D eigenvalue weighted by molar-refractivity contribution is 0.388. The van der Waals surface area contributed by atoms with E-state index in [-0.39, 0.29) is 0 Å². The van der Waals surface area contributed by atoms with E-state index >= 15 is 0 Å². The summed E-state index contributed by atoms with van der Waals surface area (Å²) < 4.78 is 5.60. The maximum absolute atomic E-state index is 5.60. The van der Waals surface area contributed by atoms with E-state index < -0.39 is 0 Å². The van der Waals surface area contributed by atoms with Gasteiger partial charge in [-0.15, -0.1) is 5.10 Å². The van der Waals surface area contributed by atoms with E-state index in [1.807, 2.05) is 26.8 Å². The summed E-state index contributed by atoms with van der Waals surface area (Å²) in [5.41, 5.74) is 2.04. The molecule has 0 aliphatic carbocycles. The van der Waals surface area contributed by atoms with E-state index in [0.29, 0.717) is 5.88 Å². The normalized spacial score (nSPS) is 12.2. The minimum absolute atomic E-state index is 0.612. The zero-order valence-electron chi connectivity index (χ0n) is 8.92. The first-order valence-electron chi connectivity index (χ1n) is 4.69. The molecule has 0 radical (unpaired) electrons. The number of nitrogens with one attached hydrogen (secondary N) is 1. The summed E-state index contributed by atoms with van der Waals surface area (Å²) in [6.07, 6.45) is 2.63. The number of hydrogen-bond acceptors (Lipinski definition) is 2. The zero-order valence-corrected chi connectivity index (χ0v) is 8.92. The number of nitrogens with zero attached hydrogens (tertiary/aromatic N) is 1. The van der Waals surface area contributed by atoms with Gasteiger partial charge in [0.1, 0.15) is 5.76 Å². The van der Waals surface area contributed by atoms with Gasteiger partial charge in [-0.25, -0.2) is 0 Å². The van der Waals surface area contributed by atoms with Crippen molar-refractivity contribution < 1.29 is 4.74 Å². The summed E-state index contributed by atoms with van der Waals surface area (Å²) in [6.45, 7) is 9.67. The van der Waals surface area contributed by atoms with Crippen molar-refractivity contribution in [3.05, 3.63) is 35.7 Å². The van der Waals surface area contributed by atoms with Crippen LogP contribution in [0.3, 0.4) is 0 Å². The van der Waals surface area contributed by atoms with Crippen LogP contribution in [0.5, 0.6) is 5.88 Å². The van der Waals surface area contributed by atoms with Crippen molar-refractivity contribution in [2.45, 2.75) is 27.2 Å². The molecule has 1 aromatic heterocycles. The minimum atomic E-state index is 0.612. The van der Waals surface area contributed by atoms with Gasteiger partial charge >= 0.3 is 0 Å². The Kier molecular flexibility index (Phi) is 3.51. The molecular weight excluding hydrogens is 176 g/mol. The molecule has 1 heterocycles. The molecule has 1 N–H and O–H groups in total. The number of aromatic amines is 1. The molecule has 1 aromatic rings. The number of hydrogen-bond donors (Lipinski definition) is 1. The van der Waals surface area contributed by atoms with E-state index in [0.717, 1.165) is 23.4 Å². The second-order valence-electron chi connectivity index (χ2n) is 3.16. The molecule has 0 bridgehead atoms. The topological polar surface area (TPSA) is 37.9 Å². The number of allylic oxidation sites excluding steroid dienone is 3. The molecule has 0 saturated heterocycles. The molecule has 0 unspecified atom stereocenters. The van der Waals surface area contributed by atoms with Crippen molar-refractivity contribution in [1.29, 1.82) is 0 Å². The van der Waals surface area contributed by atoms with Crippen molar-refractivity contribution in [2.75, 3.05) is 0 Å². The Hall–Kier alpha value is -1.51. The summed E-state index contributed by atoms with van der Waals surface area (Å²) in [6, 6.07) is 1.87. The van der Waals surface area contributed by atoms with Gasteiger partial charge in [-0.3, -0.25) is 5.10 Å². The maximum Gasteiger partial charge on any atom is 0.237 e. The van der Waals surface area contributed by atoms with Crippen LogP contribution in [-0.4, -0.2) is 10.2 Å². The van der Waals surface area contributed by atoms with Gasteiger partial charge in [0.05, 0.1) is 0 Å². The molecule has 14 heavy (non-hydrogen) atoms. The van der Waals surface area contributed by atoms with Crippen LogP contribution in [0, 0.1) is 6.92 Å². The molecule has 76 valence electrons. The van der Waals surface area contributed by atoms with Crippen molar-refractivity contribution in [1.82, 2.24) is 10.2 Å². The predicted molar refractivity (Wildman–Crippen MR) is 57.1 cm³/mol. The van der Waals surface area contributed by atoms with Crippen molar-refractivity contribution >= 4 is 0 Å². The SMILES string of the molecule is C=C/C(C)=C(\CC)Oc1cc(C)[nH]n1. The number of rotatable bonds is 4. The number of H-pyrrole nitrogens is 1. The third-order valence-electron chi connectivity index (χ3n) is 1.98. The Morgan fingerprint density at radius 1 is 1.71 bits per heavy atom. The first-order valence-corrected chi connectivity index (χ1v) is 4.69. The van der Waals surface area contributed by atoms with Crippen LogP contribution < -0.4 is 4.74 Å². The molecule has 0 atom stereocenters. The second-order valence-corrected chi connectivity index (χ2v) is 3.16. The summed E-state index contributed by atoms with van der Waals surface area (Å²) in [5, 5.41) is 6.84. The van der Waals surface area contributed by atoms with Crippen LogP contribution in [-0.2, 0) is 0 Å². The number of aryl methyl sites for hydroxylation is 1. The van der Waals surface area contributed by atoms with Crippen LogP contribution in [0.4, 0.5) is 0 Å². The fourth-order valence-electron chi connectivity index (χ4n) is 1.12. The van der Waals surface area contributed by atoms with E-state index in [1.165, 1.54) is 0 Å². The van der Waals surface area contributed by atoms with Crippen molar-refractivity contribution in [3.63, 3.8) is 0 Å². The molecule has 0 spiro atoms. The number of aromatic nitrogens is 2. The highest BCUT2D eigenvalue weighted by Crippen LogP contribution is 2.16. The third kappa shape index (κ3) is 2.49.